The van der Waals surface area contributed by atoms with Crippen molar-refractivity contribution in [3.8, 4) is 0 Å². The molecule has 3 aromatic carbocycles. The second-order valence-electron chi connectivity index (χ2n) is 12.3. The summed E-state index contributed by atoms with van der Waals surface area (Å²) in [7, 11) is -3.97. The van der Waals surface area contributed by atoms with Crippen molar-refractivity contribution in [3.63, 3.8) is 0 Å². The summed E-state index contributed by atoms with van der Waals surface area (Å²) in [5.41, 5.74) is 2.35. The number of aliphatic hydroxyl groups is 2. The third kappa shape index (κ3) is 6.17. The number of hydrogen-bond donors (Lipinski definition) is 4. The van der Waals surface area contributed by atoms with E-state index >= 15 is 0 Å². The highest BCUT2D eigenvalue weighted by molar-refractivity contribution is 7.89. The van der Waals surface area contributed by atoms with Crippen LogP contribution in [0.1, 0.15) is 71.1 Å². The Labute approximate surface area is 258 Å². The molecule has 0 spiro atoms. The van der Waals surface area contributed by atoms with Crippen molar-refractivity contribution >= 4 is 21.8 Å². The maximum Gasteiger partial charge on any atom is 0.253 e. The number of nitrogens with zero attached hydrogens (tertiary/aromatic N) is 1. The van der Waals surface area contributed by atoms with E-state index in [-0.39, 0.29) is 35.6 Å². The molecule has 1 unspecified atom stereocenters. The van der Waals surface area contributed by atoms with Gasteiger partial charge < -0.3 is 20.4 Å². The van der Waals surface area contributed by atoms with E-state index in [1.54, 1.807) is 4.90 Å². The van der Waals surface area contributed by atoms with Crippen molar-refractivity contribution in [1.82, 2.24) is 14.9 Å². The van der Waals surface area contributed by atoms with Crippen LogP contribution in [0.3, 0.4) is 0 Å². The van der Waals surface area contributed by atoms with E-state index in [1.165, 1.54) is 24.3 Å². The Morgan fingerprint density at radius 2 is 1.61 bits per heavy atom. The molecule has 1 heterocycles. The van der Waals surface area contributed by atoms with Crippen LogP contribution in [0.4, 0.5) is 0 Å². The van der Waals surface area contributed by atoms with E-state index in [2.05, 4.69) is 10.0 Å². The Hall–Kier alpha value is -3.57. The van der Waals surface area contributed by atoms with E-state index in [4.69, 9.17) is 0 Å². The summed E-state index contributed by atoms with van der Waals surface area (Å²) < 4.78 is 28.6. The molecule has 1 saturated heterocycles. The molecule has 6 rings (SSSR count). The summed E-state index contributed by atoms with van der Waals surface area (Å²) in [4.78, 5) is 28.4. The van der Waals surface area contributed by atoms with Crippen molar-refractivity contribution in [2.45, 2.75) is 67.6 Å². The third-order valence-corrected chi connectivity index (χ3v) is 10.8. The van der Waals surface area contributed by atoms with Crippen LogP contribution in [-0.2, 0) is 21.2 Å². The zero-order valence-corrected chi connectivity index (χ0v) is 25.4. The monoisotopic (exact) mass is 617 g/mol. The average molecular weight is 618 g/mol. The number of sulfonamides is 1. The summed E-state index contributed by atoms with van der Waals surface area (Å²) in [6, 6.07) is 22.6. The number of fused-ring (bicyclic) bond motifs is 1. The number of aliphatic hydroxyl groups excluding tert-OH is 2. The van der Waals surface area contributed by atoms with Crippen LogP contribution in [0.5, 0.6) is 0 Å². The molecule has 1 saturated carbocycles. The second-order valence-corrected chi connectivity index (χ2v) is 14.1. The predicted molar refractivity (Wildman–Crippen MR) is 165 cm³/mol. The first-order chi connectivity index (χ1) is 21.2. The van der Waals surface area contributed by atoms with Crippen molar-refractivity contribution in [3.05, 3.63) is 101 Å². The maximum absolute atomic E-state index is 13.9. The number of likely N-dealkylation sites (tertiary alicyclic amines) is 1. The largest absolute Gasteiger partial charge is 0.392 e. The van der Waals surface area contributed by atoms with Crippen molar-refractivity contribution in [2.75, 3.05) is 19.6 Å². The fraction of sp³-hybridized carbons (Fsp3) is 0.412. The first-order valence-corrected chi connectivity index (χ1v) is 16.9. The van der Waals surface area contributed by atoms with Gasteiger partial charge in [-0.05, 0) is 79.0 Å². The van der Waals surface area contributed by atoms with Crippen LogP contribution in [-0.4, -0.2) is 67.2 Å². The summed E-state index contributed by atoms with van der Waals surface area (Å²) >= 11 is 0. The number of rotatable bonds is 10. The van der Waals surface area contributed by atoms with Gasteiger partial charge in [0.1, 0.15) is 0 Å². The number of carbonyl (C=O) groups is 2. The zero-order chi connectivity index (χ0) is 30.9. The molecule has 2 fully saturated rings. The van der Waals surface area contributed by atoms with Gasteiger partial charge >= 0.3 is 0 Å². The first-order valence-electron chi connectivity index (χ1n) is 15.4. The summed E-state index contributed by atoms with van der Waals surface area (Å²) in [5, 5.41) is 24.9. The molecule has 3 aromatic rings. The van der Waals surface area contributed by atoms with Gasteiger partial charge in [-0.2, -0.15) is 0 Å². The second kappa shape index (κ2) is 12.4. The minimum Gasteiger partial charge on any atom is -0.392 e. The number of carbonyl (C=O) groups excluding carboxylic acids is 2. The lowest BCUT2D eigenvalue weighted by atomic mass is 9.91. The Kier molecular flexibility index (Phi) is 8.61. The van der Waals surface area contributed by atoms with Crippen molar-refractivity contribution < 1.29 is 28.2 Å². The zero-order valence-electron chi connectivity index (χ0n) is 24.6. The topological polar surface area (TPSA) is 136 Å². The van der Waals surface area contributed by atoms with Gasteiger partial charge in [-0.25, -0.2) is 13.1 Å². The Bertz CT molecular complexity index is 1610. The quantitative estimate of drug-likeness (QED) is 0.276. The van der Waals surface area contributed by atoms with Crippen LogP contribution >= 0.6 is 0 Å². The maximum atomic E-state index is 13.9. The normalized spacial score (nSPS) is 25.2. The minimum absolute atomic E-state index is 0.00480. The molecule has 0 aromatic heterocycles. The van der Waals surface area contributed by atoms with Crippen molar-refractivity contribution in [1.29, 1.82) is 0 Å². The molecule has 3 aliphatic rings. The van der Waals surface area contributed by atoms with Crippen LogP contribution in [0.2, 0.25) is 0 Å². The molecule has 10 heteroatoms. The number of piperidine rings is 1. The molecule has 4 N–H and O–H groups in total. The van der Waals surface area contributed by atoms with Gasteiger partial charge in [0.05, 0.1) is 28.6 Å². The van der Waals surface area contributed by atoms with E-state index in [0.717, 1.165) is 36.0 Å². The summed E-state index contributed by atoms with van der Waals surface area (Å²) in [5.74, 6) is -0.511. The Morgan fingerprint density at radius 1 is 0.932 bits per heavy atom. The third-order valence-electron chi connectivity index (χ3n) is 9.38. The molecule has 2 amide bonds. The lowest BCUT2D eigenvalue weighted by Crippen LogP contribution is -2.42. The van der Waals surface area contributed by atoms with Gasteiger partial charge in [0.25, 0.3) is 5.91 Å². The van der Waals surface area contributed by atoms with E-state index in [1.807, 2.05) is 54.6 Å². The molecule has 0 bridgehead atoms. The molecule has 44 heavy (non-hydrogen) atoms. The van der Waals surface area contributed by atoms with Crippen molar-refractivity contribution in [2.24, 2.45) is 5.41 Å². The summed E-state index contributed by atoms with van der Waals surface area (Å²) in [6.45, 7) is 1.14. The molecular formula is C34H39N3O6S. The van der Waals surface area contributed by atoms with Crippen LogP contribution in [0.25, 0.3) is 0 Å². The van der Waals surface area contributed by atoms with E-state index in [9.17, 15) is 28.2 Å². The van der Waals surface area contributed by atoms with Crippen LogP contribution < -0.4 is 10.0 Å². The number of benzene rings is 3. The Balaban J connectivity index is 1.12. The standard InChI is InChI=1S/C34H39N3O6S/c38-26(22-35-44(42,43)27-15-13-24(14-16-27)32(40)37-17-7-2-8-18-37)20-34(21-29(34)23-9-3-1-4-10-23)33(41)36-31-28-12-6-5-11-25(28)19-30(31)39/h1,3-6,9-16,26,29-31,35,38-39H,2,7-8,17-22H2,(H,36,41)/t26-,29-,30+,31-,34?/m0/s1. The highest BCUT2D eigenvalue weighted by Crippen LogP contribution is 2.62. The van der Waals surface area contributed by atoms with Gasteiger partial charge in [0, 0.05) is 31.6 Å². The highest BCUT2D eigenvalue weighted by atomic mass is 32.2. The van der Waals surface area contributed by atoms with E-state index in [0.29, 0.717) is 31.5 Å². The average Bonchev–Trinajstić information content (AvgIpc) is 3.69. The Morgan fingerprint density at radius 3 is 2.34 bits per heavy atom. The SMILES string of the molecule is O=C(c1ccc(S(=O)(=O)NC[C@@H](O)CC2(C(=O)N[C@H]3c4ccccc4C[C@H]3O)C[C@H]2c2ccccc2)cc1)N1CCCCC1. The van der Waals surface area contributed by atoms with Crippen LogP contribution in [0, 0.1) is 5.41 Å². The fourth-order valence-electron chi connectivity index (χ4n) is 6.87. The minimum atomic E-state index is -3.97. The first kappa shape index (κ1) is 30.5. The molecule has 5 atom stereocenters. The lowest BCUT2D eigenvalue weighted by Gasteiger charge is -2.26. The van der Waals surface area contributed by atoms with Gasteiger partial charge in [-0.3, -0.25) is 9.59 Å². The molecule has 9 nitrogen and oxygen atoms in total. The number of hydrogen-bond acceptors (Lipinski definition) is 6. The summed E-state index contributed by atoms with van der Waals surface area (Å²) in [6.07, 6.45) is 2.17. The van der Waals surface area contributed by atoms with Gasteiger partial charge in [0.2, 0.25) is 15.9 Å². The molecular weight excluding hydrogens is 578 g/mol. The van der Waals surface area contributed by atoms with Crippen LogP contribution in [0.15, 0.2) is 83.8 Å². The predicted octanol–water partition coefficient (Wildman–Crippen LogP) is 3.29. The van der Waals surface area contributed by atoms with Gasteiger partial charge in [-0.15, -0.1) is 0 Å². The molecule has 232 valence electrons. The molecule has 1 aliphatic heterocycles. The van der Waals surface area contributed by atoms with E-state index < -0.39 is 33.7 Å². The molecule has 2 aliphatic carbocycles. The number of nitrogens with one attached hydrogen (secondary N) is 2. The highest BCUT2D eigenvalue weighted by Gasteiger charge is 2.61. The molecule has 0 radical (unpaired) electrons. The lowest BCUT2D eigenvalue weighted by molar-refractivity contribution is -0.129. The number of amides is 2. The van der Waals surface area contributed by atoms with Gasteiger partial charge in [-0.1, -0.05) is 54.6 Å². The van der Waals surface area contributed by atoms with Gasteiger partial charge in [0.15, 0.2) is 0 Å². The fourth-order valence-corrected chi connectivity index (χ4v) is 7.94. The smallest absolute Gasteiger partial charge is 0.253 e.